The minimum Gasteiger partial charge on any atom is -0.616 e. The number of likely N-dealkylation sites (tertiary alicyclic amines) is 1. The first-order valence-electron chi connectivity index (χ1n) is 8.69. The number of piperidine rings is 1. The van der Waals surface area contributed by atoms with Gasteiger partial charge in [-0.1, -0.05) is 30.3 Å². The number of hydrogen-bond donors (Lipinski definition) is 0. The van der Waals surface area contributed by atoms with Gasteiger partial charge in [-0.25, -0.2) is 8.78 Å². The maximum absolute atomic E-state index is 13.7. The monoisotopic (exact) mass is 363 g/mol. The first-order valence-corrected chi connectivity index (χ1v) is 10.1. The van der Waals surface area contributed by atoms with Crippen LogP contribution in [0.3, 0.4) is 0 Å². The molecule has 134 valence electrons. The van der Waals surface area contributed by atoms with E-state index in [0.29, 0.717) is 11.3 Å². The van der Waals surface area contributed by atoms with E-state index in [1.807, 2.05) is 12.1 Å². The zero-order valence-corrected chi connectivity index (χ0v) is 15.0. The minimum atomic E-state index is -1.03. The average Bonchev–Trinajstić information content (AvgIpc) is 2.63. The fourth-order valence-corrected chi connectivity index (χ4v) is 4.73. The standard InChI is InChI=1S/C20H23F2NOS/c21-18-7-5-16(6-8-18)9-12-23-13-10-19(11-14-23)25(24)15-17-3-1-2-4-20(17)22/h1-8,19H,9-15H2. The van der Waals surface area contributed by atoms with Gasteiger partial charge in [0, 0.05) is 38.0 Å². The van der Waals surface area contributed by atoms with E-state index in [1.165, 1.54) is 18.2 Å². The Morgan fingerprint density at radius 2 is 1.68 bits per heavy atom. The van der Waals surface area contributed by atoms with Crippen LogP contribution in [0.25, 0.3) is 0 Å². The van der Waals surface area contributed by atoms with Crippen LogP contribution in [0.2, 0.25) is 0 Å². The van der Waals surface area contributed by atoms with E-state index in [-0.39, 0.29) is 16.9 Å². The Morgan fingerprint density at radius 1 is 1.00 bits per heavy atom. The van der Waals surface area contributed by atoms with Crippen LogP contribution in [0.4, 0.5) is 8.78 Å². The third-order valence-electron chi connectivity index (χ3n) is 4.79. The van der Waals surface area contributed by atoms with Gasteiger partial charge >= 0.3 is 0 Å². The minimum absolute atomic E-state index is 0.140. The van der Waals surface area contributed by atoms with Crippen LogP contribution < -0.4 is 0 Å². The summed E-state index contributed by atoms with van der Waals surface area (Å²) < 4.78 is 39.1. The predicted molar refractivity (Wildman–Crippen MR) is 97.8 cm³/mol. The van der Waals surface area contributed by atoms with E-state index >= 15 is 0 Å². The Balaban J connectivity index is 1.43. The summed E-state index contributed by atoms with van der Waals surface area (Å²) in [5.41, 5.74) is 1.67. The molecule has 2 aromatic rings. The van der Waals surface area contributed by atoms with E-state index in [9.17, 15) is 13.3 Å². The highest BCUT2D eigenvalue weighted by molar-refractivity contribution is 7.91. The molecule has 0 spiro atoms. The Labute approximate surface area is 151 Å². The summed E-state index contributed by atoms with van der Waals surface area (Å²) in [4.78, 5) is 2.36. The van der Waals surface area contributed by atoms with Gasteiger partial charge in [0.2, 0.25) is 0 Å². The maximum Gasteiger partial charge on any atom is 0.133 e. The molecule has 1 unspecified atom stereocenters. The van der Waals surface area contributed by atoms with E-state index in [0.717, 1.165) is 44.5 Å². The highest BCUT2D eigenvalue weighted by atomic mass is 32.2. The second-order valence-electron chi connectivity index (χ2n) is 6.53. The van der Waals surface area contributed by atoms with Gasteiger partial charge in [0.1, 0.15) is 22.6 Å². The molecule has 1 saturated heterocycles. The van der Waals surface area contributed by atoms with Gasteiger partial charge in [-0.3, -0.25) is 0 Å². The number of rotatable bonds is 6. The van der Waals surface area contributed by atoms with Gasteiger partial charge in [0.15, 0.2) is 0 Å². The third kappa shape index (κ3) is 5.27. The van der Waals surface area contributed by atoms with Crippen molar-refractivity contribution in [2.75, 3.05) is 19.6 Å². The lowest BCUT2D eigenvalue weighted by Gasteiger charge is -2.32. The van der Waals surface area contributed by atoms with Crippen molar-refractivity contribution in [3.8, 4) is 0 Å². The van der Waals surface area contributed by atoms with Crippen LogP contribution >= 0.6 is 0 Å². The summed E-state index contributed by atoms with van der Waals surface area (Å²) in [6.45, 7) is 2.75. The molecule has 0 amide bonds. The zero-order chi connectivity index (χ0) is 17.6. The smallest absolute Gasteiger partial charge is 0.133 e. The molecule has 2 aromatic carbocycles. The molecule has 0 aromatic heterocycles. The summed E-state index contributed by atoms with van der Waals surface area (Å²) in [5.74, 6) is -0.179. The molecule has 0 radical (unpaired) electrons. The molecule has 0 saturated carbocycles. The fourth-order valence-electron chi connectivity index (χ4n) is 3.22. The van der Waals surface area contributed by atoms with Crippen molar-refractivity contribution >= 4 is 11.2 Å². The highest BCUT2D eigenvalue weighted by Gasteiger charge is 2.28. The van der Waals surface area contributed by atoms with Crippen molar-refractivity contribution in [3.63, 3.8) is 0 Å². The van der Waals surface area contributed by atoms with Crippen molar-refractivity contribution in [2.24, 2.45) is 0 Å². The molecule has 25 heavy (non-hydrogen) atoms. The molecule has 1 heterocycles. The second kappa shape index (κ2) is 8.79. The number of hydrogen-bond acceptors (Lipinski definition) is 2. The highest BCUT2D eigenvalue weighted by Crippen LogP contribution is 2.22. The molecular weight excluding hydrogens is 340 g/mol. The van der Waals surface area contributed by atoms with Crippen LogP contribution in [-0.4, -0.2) is 34.3 Å². The fraction of sp³-hybridized carbons (Fsp3) is 0.400. The first kappa shape index (κ1) is 18.4. The SMILES string of the molecule is [O-][S+](Cc1ccccc1F)C1CCN(CCc2ccc(F)cc2)CC1. The van der Waals surface area contributed by atoms with Crippen molar-refractivity contribution in [1.82, 2.24) is 4.90 Å². The molecular formula is C20H23F2NOS. The lowest BCUT2D eigenvalue weighted by atomic mass is 10.1. The van der Waals surface area contributed by atoms with Gasteiger partial charge in [-0.05, 0) is 41.4 Å². The van der Waals surface area contributed by atoms with Gasteiger partial charge in [0.25, 0.3) is 0 Å². The Morgan fingerprint density at radius 3 is 2.36 bits per heavy atom. The molecule has 3 rings (SSSR count). The Bertz CT molecular complexity index is 672. The summed E-state index contributed by atoms with van der Waals surface area (Å²) in [6.07, 6.45) is 2.65. The van der Waals surface area contributed by atoms with Crippen LogP contribution in [0.15, 0.2) is 48.5 Å². The normalized spacial score (nSPS) is 17.6. The van der Waals surface area contributed by atoms with Crippen molar-refractivity contribution in [3.05, 3.63) is 71.3 Å². The number of nitrogens with zero attached hydrogens (tertiary/aromatic N) is 1. The molecule has 1 aliphatic heterocycles. The number of benzene rings is 2. The van der Waals surface area contributed by atoms with Crippen LogP contribution in [0.5, 0.6) is 0 Å². The van der Waals surface area contributed by atoms with E-state index in [4.69, 9.17) is 0 Å². The molecule has 1 atom stereocenters. The molecule has 0 aliphatic carbocycles. The Kier molecular flexibility index (Phi) is 6.45. The maximum atomic E-state index is 13.7. The lowest BCUT2D eigenvalue weighted by molar-refractivity contribution is 0.232. The van der Waals surface area contributed by atoms with Gasteiger partial charge in [0.05, 0.1) is 0 Å². The van der Waals surface area contributed by atoms with Gasteiger partial charge in [-0.2, -0.15) is 0 Å². The molecule has 1 fully saturated rings. The molecule has 0 bridgehead atoms. The quantitative estimate of drug-likeness (QED) is 0.727. The van der Waals surface area contributed by atoms with Gasteiger partial charge in [-0.15, -0.1) is 0 Å². The van der Waals surface area contributed by atoms with Crippen LogP contribution in [0.1, 0.15) is 24.0 Å². The van der Waals surface area contributed by atoms with Crippen molar-refractivity contribution in [2.45, 2.75) is 30.3 Å². The van der Waals surface area contributed by atoms with E-state index < -0.39 is 11.2 Å². The molecule has 2 nitrogen and oxygen atoms in total. The number of halogens is 2. The Hall–Kier alpha value is -1.43. The average molecular weight is 363 g/mol. The molecule has 1 aliphatic rings. The largest absolute Gasteiger partial charge is 0.616 e. The van der Waals surface area contributed by atoms with Crippen LogP contribution in [-0.2, 0) is 23.3 Å². The summed E-state index contributed by atoms with van der Waals surface area (Å²) in [5, 5.41) is 0.140. The van der Waals surface area contributed by atoms with Crippen molar-refractivity contribution in [1.29, 1.82) is 0 Å². The van der Waals surface area contributed by atoms with Crippen LogP contribution in [0, 0.1) is 11.6 Å². The van der Waals surface area contributed by atoms with E-state index in [2.05, 4.69) is 4.90 Å². The first-order chi connectivity index (χ1) is 12.1. The lowest BCUT2D eigenvalue weighted by Crippen LogP contribution is -2.40. The summed E-state index contributed by atoms with van der Waals surface area (Å²) in [6, 6.07) is 13.2. The topological polar surface area (TPSA) is 26.3 Å². The van der Waals surface area contributed by atoms with E-state index in [1.54, 1.807) is 18.2 Å². The zero-order valence-electron chi connectivity index (χ0n) is 14.2. The third-order valence-corrected chi connectivity index (χ3v) is 6.60. The second-order valence-corrected chi connectivity index (χ2v) is 8.25. The van der Waals surface area contributed by atoms with Crippen molar-refractivity contribution < 1.29 is 13.3 Å². The summed E-state index contributed by atoms with van der Waals surface area (Å²) >= 11 is -1.03. The molecule has 0 N–H and O–H groups in total. The van der Waals surface area contributed by atoms with Gasteiger partial charge < -0.3 is 9.45 Å². The molecule has 5 heteroatoms. The predicted octanol–water partition coefficient (Wildman–Crippen LogP) is 3.92. The summed E-state index contributed by atoms with van der Waals surface area (Å²) in [7, 11) is 0.